The summed E-state index contributed by atoms with van der Waals surface area (Å²) in [7, 11) is 0. The molecule has 3 aliphatic heterocycles. The standard InChI is InChI=1S/C30H41FN4/c1-6-27-23(4)35(30(32)15-14-22(3)33-24(30)5)20-28(27)21(2)10-12-26-13-11-25(18-29(26)31)19-34-16-8-7-9-17-34/h6,11,13,18,33H,3-5,7-10,12,14-17,19-20,32H2,1-2H3/b27-6-,28-21+/t30-/m0/s1. The fraction of sp³-hybridized carbons (Fsp3) is 0.467. The Morgan fingerprint density at radius 1 is 1.20 bits per heavy atom. The molecule has 0 unspecified atom stereocenters. The van der Waals surface area contributed by atoms with Gasteiger partial charge in [0.1, 0.15) is 11.5 Å². The average molecular weight is 477 g/mol. The van der Waals surface area contributed by atoms with Gasteiger partial charge in [0.25, 0.3) is 0 Å². The lowest BCUT2D eigenvalue weighted by Gasteiger charge is -2.45. The number of likely N-dealkylation sites (tertiary alicyclic amines) is 2. The average Bonchev–Trinajstić information content (AvgIpc) is 3.18. The molecule has 188 valence electrons. The first kappa shape index (κ1) is 25.5. The Kier molecular flexibility index (Phi) is 7.67. The molecule has 3 saturated heterocycles. The van der Waals surface area contributed by atoms with E-state index in [4.69, 9.17) is 5.73 Å². The Hall–Kier alpha value is -2.63. The van der Waals surface area contributed by atoms with Crippen LogP contribution in [0.4, 0.5) is 4.39 Å². The third kappa shape index (κ3) is 5.31. The van der Waals surface area contributed by atoms with Gasteiger partial charge < -0.3 is 16.0 Å². The lowest BCUT2D eigenvalue weighted by Crippen LogP contribution is -2.60. The second kappa shape index (κ2) is 10.5. The zero-order chi connectivity index (χ0) is 25.2. The molecule has 35 heavy (non-hydrogen) atoms. The molecule has 0 aliphatic carbocycles. The van der Waals surface area contributed by atoms with E-state index in [1.165, 1.54) is 30.4 Å². The van der Waals surface area contributed by atoms with Crippen molar-refractivity contribution in [2.75, 3.05) is 19.6 Å². The number of allylic oxidation sites excluding steroid dienone is 4. The molecule has 0 bridgehead atoms. The zero-order valence-corrected chi connectivity index (χ0v) is 21.6. The van der Waals surface area contributed by atoms with Gasteiger partial charge in [-0.2, -0.15) is 0 Å². The number of hydrogen-bond donors (Lipinski definition) is 2. The predicted molar refractivity (Wildman–Crippen MR) is 144 cm³/mol. The highest BCUT2D eigenvalue weighted by Crippen LogP contribution is 2.41. The SMILES string of the molecule is C=C1CC[C@](N)(N2CC(=C(/C)CCc3ccc(CN4CCCCC4)cc3F)/C(=C\C)C2=C)C(=C)N1. The maximum Gasteiger partial charge on any atom is 0.130 e. The molecule has 0 saturated carbocycles. The highest BCUT2D eigenvalue weighted by molar-refractivity contribution is 5.54. The molecule has 0 radical (unpaired) electrons. The first-order chi connectivity index (χ1) is 16.7. The van der Waals surface area contributed by atoms with E-state index in [1.54, 1.807) is 6.07 Å². The summed E-state index contributed by atoms with van der Waals surface area (Å²) in [5.74, 6) is -0.0910. The van der Waals surface area contributed by atoms with Gasteiger partial charge in [0.15, 0.2) is 0 Å². The topological polar surface area (TPSA) is 44.5 Å². The van der Waals surface area contributed by atoms with Gasteiger partial charge >= 0.3 is 0 Å². The molecular weight excluding hydrogens is 435 g/mol. The van der Waals surface area contributed by atoms with Crippen molar-refractivity contribution in [1.29, 1.82) is 0 Å². The lowest BCUT2D eigenvalue weighted by molar-refractivity contribution is 0.171. The number of halogens is 1. The van der Waals surface area contributed by atoms with Crippen molar-refractivity contribution < 1.29 is 4.39 Å². The number of hydrogen-bond acceptors (Lipinski definition) is 4. The number of nitrogens with one attached hydrogen (secondary N) is 1. The summed E-state index contributed by atoms with van der Waals surface area (Å²) in [6.07, 6.45) is 8.94. The molecule has 1 atom stereocenters. The molecule has 3 N–H and O–H groups in total. The van der Waals surface area contributed by atoms with Crippen LogP contribution in [0.25, 0.3) is 0 Å². The number of nitrogens with zero attached hydrogens (tertiary/aromatic N) is 2. The molecule has 3 fully saturated rings. The number of aryl methyl sites for hydroxylation is 1. The Bertz CT molecular complexity index is 1080. The molecule has 0 aromatic heterocycles. The molecule has 3 aliphatic rings. The summed E-state index contributed by atoms with van der Waals surface area (Å²) < 4.78 is 15.0. The van der Waals surface area contributed by atoms with Crippen LogP contribution in [0.3, 0.4) is 0 Å². The van der Waals surface area contributed by atoms with Gasteiger partial charge in [-0.3, -0.25) is 4.90 Å². The number of rotatable bonds is 6. The van der Waals surface area contributed by atoms with Crippen LogP contribution in [-0.4, -0.2) is 35.1 Å². The van der Waals surface area contributed by atoms with Crippen LogP contribution in [-0.2, 0) is 13.0 Å². The van der Waals surface area contributed by atoms with E-state index < -0.39 is 5.66 Å². The van der Waals surface area contributed by atoms with Crippen molar-refractivity contribution in [2.45, 2.75) is 71.0 Å². The third-order valence-electron chi connectivity index (χ3n) is 7.96. The normalized spacial score (nSPS) is 26.5. The summed E-state index contributed by atoms with van der Waals surface area (Å²) in [5.41, 5.74) is 14.3. The highest BCUT2D eigenvalue weighted by atomic mass is 19.1. The van der Waals surface area contributed by atoms with Gasteiger partial charge in [-0.1, -0.05) is 49.9 Å². The van der Waals surface area contributed by atoms with E-state index in [2.05, 4.69) is 53.9 Å². The van der Waals surface area contributed by atoms with E-state index in [0.717, 1.165) is 72.7 Å². The fourth-order valence-corrected chi connectivity index (χ4v) is 5.66. The monoisotopic (exact) mass is 476 g/mol. The first-order valence-electron chi connectivity index (χ1n) is 13.0. The van der Waals surface area contributed by atoms with Crippen molar-refractivity contribution >= 4 is 0 Å². The third-order valence-corrected chi connectivity index (χ3v) is 7.96. The van der Waals surface area contributed by atoms with Crippen LogP contribution in [0, 0.1) is 5.82 Å². The first-order valence-corrected chi connectivity index (χ1v) is 13.0. The second-order valence-corrected chi connectivity index (χ2v) is 10.4. The maximum atomic E-state index is 15.0. The molecule has 0 spiro atoms. The Morgan fingerprint density at radius 3 is 2.60 bits per heavy atom. The van der Waals surface area contributed by atoms with Gasteiger partial charge in [0.2, 0.25) is 0 Å². The van der Waals surface area contributed by atoms with Gasteiger partial charge in [-0.25, -0.2) is 4.39 Å². The molecule has 1 aromatic carbocycles. The van der Waals surface area contributed by atoms with E-state index in [1.807, 2.05) is 13.0 Å². The van der Waals surface area contributed by atoms with Crippen LogP contribution in [0.5, 0.6) is 0 Å². The molecule has 4 rings (SSSR count). The van der Waals surface area contributed by atoms with Gasteiger partial charge in [-0.15, -0.1) is 0 Å². The van der Waals surface area contributed by atoms with Crippen molar-refractivity contribution in [3.63, 3.8) is 0 Å². The van der Waals surface area contributed by atoms with Crippen molar-refractivity contribution in [3.8, 4) is 0 Å². The Balaban J connectivity index is 1.45. The van der Waals surface area contributed by atoms with E-state index in [-0.39, 0.29) is 5.82 Å². The van der Waals surface area contributed by atoms with Crippen LogP contribution < -0.4 is 11.1 Å². The minimum Gasteiger partial charge on any atom is -0.360 e. The van der Waals surface area contributed by atoms with E-state index >= 15 is 0 Å². The minimum absolute atomic E-state index is 0.0910. The quantitative estimate of drug-likeness (QED) is 0.536. The summed E-state index contributed by atoms with van der Waals surface area (Å²) in [4.78, 5) is 4.60. The van der Waals surface area contributed by atoms with E-state index in [9.17, 15) is 4.39 Å². The largest absolute Gasteiger partial charge is 0.360 e. The second-order valence-electron chi connectivity index (χ2n) is 10.4. The van der Waals surface area contributed by atoms with Crippen LogP contribution >= 0.6 is 0 Å². The zero-order valence-electron chi connectivity index (χ0n) is 21.6. The summed E-state index contributed by atoms with van der Waals surface area (Å²) >= 11 is 0. The maximum absolute atomic E-state index is 15.0. The number of benzene rings is 1. The smallest absolute Gasteiger partial charge is 0.130 e. The molecular formula is C30H41FN4. The summed E-state index contributed by atoms with van der Waals surface area (Å²) in [6, 6.07) is 5.80. The Morgan fingerprint density at radius 2 is 1.94 bits per heavy atom. The summed E-state index contributed by atoms with van der Waals surface area (Å²) in [6.45, 7) is 20.5. The van der Waals surface area contributed by atoms with Crippen molar-refractivity contribution in [1.82, 2.24) is 15.1 Å². The minimum atomic E-state index is -0.704. The molecule has 1 aromatic rings. The number of nitrogens with two attached hydrogens (primary N) is 1. The van der Waals surface area contributed by atoms with Crippen molar-refractivity contribution in [2.24, 2.45) is 5.73 Å². The van der Waals surface area contributed by atoms with Crippen LogP contribution in [0.1, 0.15) is 63.5 Å². The fourth-order valence-electron chi connectivity index (χ4n) is 5.66. The van der Waals surface area contributed by atoms with Gasteiger partial charge in [0, 0.05) is 30.2 Å². The van der Waals surface area contributed by atoms with Gasteiger partial charge in [-0.05, 0) is 93.8 Å². The lowest BCUT2D eigenvalue weighted by atomic mass is 9.93. The number of piperidine rings is 2. The van der Waals surface area contributed by atoms with Crippen molar-refractivity contribution in [3.05, 3.63) is 94.8 Å². The molecule has 5 heteroatoms. The van der Waals surface area contributed by atoms with Crippen LogP contribution in [0.15, 0.2) is 77.8 Å². The van der Waals surface area contributed by atoms with E-state index in [0.29, 0.717) is 13.0 Å². The molecule has 0 amide bonds. The Labute approximate surface area is 210 Å². The van der Waals surface area contributed by atoms with Crippen LogP contribution in [0.2, 0.25) is 0 Å². The van der Waals surface area contributed by atoms with Gasteiger partial charge in [0.05, 0.1) is 0 Å². The summed E-state index contributed by atoms with van der Waals surface area (Å²) in [5, 5.41) is 3.25. The predicted octanol–water partition coefficient (Wildman–Crippen LogP) is 5.90. The molecule has 3 heterocycles. The highest BCUT2D eigenvalue weighted by Gasteiger charge is 2.43. The molecule has 4 nitrogen and oxygen atoms in total.